The monoisotopic (exact) mass is 239 g/mol. The number of aliphatic hydroxyl groups is 1. The highest BCUT2D eigenvalue weighted by atomic mass is 16.3. The first kappa shape index (κ1) is 13.4. The Morgan fingerprint density at radius 2 is 2.06 bits per heavy atom. The summed E-state index contributed by atoms with van der Waals surface area (Å²) in [6.45, 7) is 10.3. The second-order valence-corrected chi connectivity index (χ2v) is 7.15. The maximum absolute atomic E-state index is 9.62. The minimum atomic E-state index is -0.128. The van der Waals surface area contributed by atoms with Crippen molar-refractivity contribution in [3.8, 4) is 0 Å². The molecule has 2 aliphatic carbocycles. The Bertz CT molecular complexity index is 271. The van der Waals surface area contributed by atoms with Gasteiger partial charge >= 0.3 is 0 Å². The van der Waals surface area contributed by atoms with Gasteiger partial charge in [0.1, 0.15) is 0 Å². The van der Waals surface area contributed by atoms with E-state index in [0.29, 0.717) is 16.9 Å². The molecule has 0 saturated heterocycles. The minimum Gasteiger partial charge on any atom is -0.393 e. The summed E-state index contributed by atoms with van der Waals surface area (Å²) < 4.78 is 0. The molecule has 2 bridgehead atoms. The van der Waals surface area contributed by atoms with E-state index in [0.717, 1.165) is 25.3 Å². The third-order valence-electron chi connectivity index (χ3n) is 5.57. The second-order valence-electron chi connectivity index (χ2n) is 7.15. The first-order valence-corrected chi connectivity index (χ1v) is 7.31. The molecule has 17 heavy (non-hydrogen) atoms. The van der Waals surface area contributed by atoms with Crippen molar-refractivity contribution >= 4 is 0 Å². The lowest BCUT2D eigenvalue weighted by Crippen LogP contribution is -2.50. The first-order valence-electron chi connectivity index (χ1n) is 7.31. The van der Waals surface area contributed by atoms with Gasteiger partial charge in [-0.25, -0.2) is 0 Å². The van der Waals surface area contributed by atoms with Crippen LogP contribution in [0.3, 0.4) is 0 Å². The molecule has 2 saturated carbocycles. The third-order valence-corrected chi connectivity index (χ3v) is 5.57. The third kappa shape index (κ3) is 2.26. The average Bonchev–Trinajstić information content (AvgIpc) is 2.73. The summed E-state index contributed by atoms with van der Waals surface area (Å²) >= 11 is 0. The Kier molecular flexibility index (Phi) is 3.57. The molecule has 0 aromatic carbocycles. The standard InChI is InChI=1S/C15H29NO/c1-5-12(17)7-9-16-13-14(2,3)11-6-8-15(13,4)10-11/h11-13,16-17H,5-10H2,1-4H3. The highest BCUT2D eigenvalue weighted by molar-refractivity contribution is 5.11. The molecule has 2 nitrogen and oxygen atoms in total. The van der Waals surface area contributed by atoms with E-state index in [-0.39, 0.29) is 6.10 Å². The van der Waals surface area contributed by atoms with Gasteiger partial charge in [-0.1, -0.05) is 27.7 Å². The zero-order valence-electron chi connectivity index (χ0n) is 11.9. The first-order chi connectivity index (χ1) is 7.90. The summed E-state index contributed by atoms with van der Waals surface area (Å²) in [6, 6.07) is 0.637. The van der Waals surface area contributed by atoms with E-state index in [4.69, 9.17) is 0 Å². The fourth-order valence-corrected chi connectivity index (χ4v) is 4.41. The van der Waals surface area contributed by atoms with Gasteiger partial charge in [0.2, 0.25) is 0 Å². The molecule has 4 atom stereocenters. The fourth-order valence-electron chi connectivity index (χ4n) is 4.41. The number of fused-ring (bicyclic) bond motifs is 2. The summed E-state index contributed by atoms with van der Waals surface area (Å²) in [5.41, 5.74) is 0.940. The quantitative estimate of drug-likeness (QED) is 0.773. The lowest BCUT2D eigenvalue weighted by molar-refractivity contribution is 0.0998. The van der Waals surface area contributed by atoms with E-state index < -0.39 is 0 Å². The molecule has 100 valence electrons. The number of aliphatic hydroxyl groups excluding tert-OH is 1. The van der Waals surface area contributed by atoms with Crippen molar-refractivity contribution in [2.45, 2.75) is 71.9 Å². The molecular weight excluding hydrogens is 210 g/mol. The van der Waals surface area contributed by atoms with E-state index in [1.165, 1.54) is 19.3 Å². The van der Waals surface area contributed by atoms with E-state index in [1.807, 2.05) is 6.92 Å². The second kappa shape index (κ2) is 4.55. The summed E-state index contributed by atoms with van der Waals surface area (Å²) in [4.78, 5) is 0. The van der Waals surface area contributed by atoms with Crippen molar-refractivity contribution in [2.75, 3.05) is 6.54 Å². The van der Waals surface area contributed by atoms with Crippen LogP contribution in [0.1, 0.15) is 59.8 Å². The van der Waals surface area contributed by atoms with Gasteiger partial charge in [0.15, 0.2) is 0 Å². The van der Waals surface area contributed by atoms with E-state index in [9.17, 15) is 5.11 Å². The van der Waals surface area contributed by atoms with E-state index >= 15 is 0 Å². The molecule has 2 rings (SSSR count). The van der Waals surface area contributed by atoms with Gasteiger partial charge in [-0.2, -0.15) is 0 Å². The van der Waals surface area contributed by atoms with Crippen molar-refractivity contribution in [3.05, 3.63) is 0 Å². The van der Waals surface area contributed by atoms with Crippen molar-refractivity contribution in [3.63, 3.8) is 0 Å². The molecule has 0 aliphatic heterocycles. The van der Waals surface area contributed by atoms with Crippen LogP contribution >= 0.6 is 0 Å². The van der Waals surface area contributed by atoms with Gasteiger partial charge in [-0.05, 0) is 55.4 Å². The SMILES string of the molecule is CCC(O)CCNC1C2(C)CCC(C2)C1(C)C. The summed E-state index contributed by atoms with van der Waals surface area (Å²) in [6.07, 6.45) is 5.83. The van der Waals surface area contributed by atoms with Crippen LogP contribution in [0.15, 0.2) is 0 Å². The Morgan fingerprint density at radius 1 is 1.35 bits per heavy atom. The predicted octanol–water partition coefficient (Wildman–Crippen LogP) is 2.95. The smallest absolute Gasteiger partial charge is 0.0549 e. The fraction of sp³-hybridized carbons (Fsp3) is 1.00. The lowest BCUT2D eigenvalue weighted by atomic mass is 9.68. The topological polar surface area (TPSA) is 32.3 Å². The summed E-state index contributed by atoms with van der Waals surface area (Å²) in [5.74, 6) is 0.904. The number of hydrogen-bond acceptors (Lipinski definition) is 2. The molecule has 2 heteroatoms. The van der Waals surface area contributed by atoms with Crippen LogP contribution in [0.4, 0.5) is 0 Å². The van der Waals surface area contributed by atoms with Crippen molar-refractivity contribution < 1.29 is 5.11 Å². The Hall–Kier alpha value is -0.0800. The molecular formula is C15H29NO. The highest BCUT2D eigenvalue weighted by Crippen LogP contribution is 2.62. The molecule has 4 unspecified atom stereocenters. The van der Waals surface area contributed by atoms with E-state index in [1.54, 1.807) is 0 Å². The number of nitrogens with one attached hydrogen (secondary N) is 1. The summed E-state index contributed by atoms with van der Waals surface area (Å²) in [7, 11) is 0. The Balaban J connectivity index is 1.91. The number of rotatable bonds is 5. The van der Waals surface area contributed by atoms with Crippen LogP contribution in [0.2, 0.25) is 0 Å². The van der Waals surface area contributed by atoms with Crippen LogP contribution < -0.4 is 5.32 Å². The van der Waals surface area contributed by atoms with Crippen molar-refractivity contribution in [2.24, 2.45) is 16.7 Å². The summed E-state index contributed by atoms with van der Waals surface area (Å²) in [5, 5.41) is 13.4. The minimum absolute atomic E-state index is 0.128. The Morgan fingerprint density at radius 3 is 2.59 bits per heavy atom. The van der Waals surface area contributed by atoms with Gasteiger partial charge in [-0.3, -0.25) is 0 Å². The van der Waals surface area contributed by atoms with Crippen LogP contribution in [0.25, 0.3) is 0 Å². The molecule has 0 aromatic rings. The van der Waals surface area contributed by atoms with Crippen molar-refractivity contribution in [1.82, 2.24) is 5.32 Å². The van der Waals surface area contributed by atoms with E-state index in [2.05, 4.69) is 26.1 Å². The van der Waals surface area contributed by atoms with Gasteiger partial charge in [-0.15, -0.1) is 0 Å². The van der Waals surface area contributed by atoms with Crippen LogP contribution in [0.5, 0.6) is 0 Å². The molecule has 0 aromatic heterocycles. The Labute approximate surface area is 106 Å². The number of hydrogen-bond donors (Lipinski definition) is 2. The maximum atomic E-state index is 9.62. The maximum Gasteiger partial charge on any atom is 0.0549 e. The normalized spacial score (nSPS) is 40.8. The highest BCUT2D eigenvalue weighted by Gasteiger charge is 2.58. The molecule has 0 amide bonds. The van der Waals surface area contributed by atoms with Gasteiger partial charge < -0.3 is 10.4 Å². The molecule has 2 aliphatic rings. The van der Waals surface area contributed by atoms with Crippen molar-refractivity contribution in [1.29, 1.82) is 0 Å². The van der Waals surface area contributed by atoms with Crippen LogP contribution in [-0.4, -0.2) is 23.8 Å². The molecule has 2 N–H and O–H groups in total. The van der Waals surface area contributed by atoms with Gasteiger partial charge in [0, 0.05) is 6.04 Å². The molecule has 0 heterocycles. The van der Waals surface area contributed by atoms with Crippen LogP contribution in [-0.2, 0) is 0 Å². The lowest BCUT2D eigenvalue weighted by Gasteiger charge is -2.43. The zero-order valence-corrected chi connectivity index (χ0v) is 11.9. The van der Waals surface area contributed by atoms with Gasteiger partial charge in [0.25, 0.3) is 0 Å². The average molecular weight is 239 g/mol. The predicted molar refractivity (Wildman–Crippen MR) is 71.9 cm³/mol. The molecule has 2 fully saturated rings. The molecule has 0 radical (unpaired) electrons. The largest absolute Gasteiger partial charge is 0.393 e. The van der Waals surface area contributed by atoms with Crippen LogP contribution in [0, 0.1) is 16.7 Å². The zero-order chi connectivity index (χ0) is 12.7. The molecule has 0 spiro atoms. The van der Waals surface area contributed by atoms with Gasteiger partial charge in [0.05, 0.1) is 6.10 Å².